The second-order valence-corrected chi connectivity index (χ2v) is 10.5. The van der Waals surface area contributed by atoms with Crippen molar-refractivity contribution in [3.63, 3.8) is 0 Å². The van der Waals surface area contributed by atoms with E-state index in [2.05, 4.69) is 24.1 Å². The number of aromatic nitrogens is 1. The van der Waals surface area contributed by atoms with Gasteiger partial charge in [0.25, 0.3) is 0 Å². The predicted molar refractivity (Wildman–Crippen MR) is 105 cm³/mol. The largest absolute Gasteiger partial charge is 0.353 e. The fourth-order valence-electron chi connectivity index (χ4n) is 2.33. The van der Waals surface area contributed by atoms with Gasteiger partial charge in [0.05, 0.1) is 16.3 Å². The molecular weight excluding hydrogens is 376 g/mol. The standard InChI is InChI=1S/C17H24N2O3S3/c1-12(2)6-7-13(3)18-16(20)11-25(21,22)10-14-9-24-17(19-14)15-5-4-8-23-15/h4-5,8-9,12-13H,6-7,10-11H2,1-3H3,(H,18,20)/t13-/m1/s1. The Hall–Kier alpha value is -1.25. The zero-order chi connectivity index (χ0) is 18.4. The lowest BCUT2D eigenvalue weighted by Gasteiger charge is -2.15. The fraction of sp³-hybridized carbons (Fsp3) is 0.529. The Kier molecular flexibility index (Phi) is 7.15. The molecular formula is C17H24N2O3S3. The molecule has 5 nitrogen and oxygen atoms in total. The van der Waals surface area contributed by atoms with Gasteiger partial charge in [-0.2, -0.15) is 0 Å². The van der Waals surface area contributed by atoms with Crippen LogP contribution in [-0.4, -0.2) is 31.1 Å². The molecule has 8 heteroatoms. The van der Waals surface area contributed by atoms with Gasteiger partial charge in [-0.15, -0.1) is 22.7 Å². The second kappa shape index (κ2) is 8.91. The van der Waals surface area contributed by atoms with Crippen molar-refractivity contribution in [2.75, 3.05) is 5.75 Å². The minimum Gasteiger partial charge on any atom is -0.353 e. The maximum absolute atomic E-state index is 12.3. The van der Waals surface area contributed by atoms with Crippen molar-refractivity contribution in [2.24, 2.45) is 5.92 Å². The van der Waals surface area contributed by atoms with Crippen molar-refractivity contribution < 1.29 is 13.2 Å². The van der Waals surface area contributed by atoms with Gasteiger partial charge >= 0.3 is 0 Å². The van der Waals surface area contributed by atoms with E-state index in [4.69, 9.17) is 0 Å². The summed E-state index contributed by atoms with van der Waals surface area (Å²) < 4.78 is 24.5. The first kappa shape index (κ1) is 20.1. The summed E-state index contributed by atoms with van der Waals surface area (Å²) in [7, 11) is -3.53. The number of thiazole rings is 1. The summed E-state index contributed by atoms with van der Waals surface area (Å²) in [4.78, 5) is 17.4. The number of nitrogens with zero attached hydrogens (tertiary/aromatic N) is 1. The van der Waals surface area contributed by atoms with Crippen molar-refractivity contribution in [2.45, 2.75) is 45.4 Å². The van der Waals surface area contributed by atoms with Gasteiger partial charge in [-0.05, 0) is 37.1 Å². The van der Waals surface area contributed by atoms with Crippen LogP contribution in [-0.2, 0) is 20.4 Å². The van der Waals surface area contributed by atoms with Crippen LogP contribution in [0.3, 0.4) is 0 Å². The number of amides is 1. The molecule has 0 fully saturated rings. The van der Waals surface area contributed by atoms with Gasteiger partial charge in [-0.3, -0.25) is 4.79 Å². The van der Waals surface area contributed by atoms with Crippen molar-refractivity contribution in [3.05, 3.63) is 28.6 Å². The molecule has 0 aliphatic rings. The smallest absolute Gasteiger partial charge is 0.235 e. The third kappa shape index (κ3) is 6.87. The van der Waals surface area contributed by atoms with Gasteiger partial charge in [0.1, 0.15) is 10.8 Å². The molecule has 2 heterocycles. The Balaban J connectivity index is 1.88. The van der Waals surface area contributed by atoms with E-state index in [9.17, 15) is 13.2 Å². The first-order valence-corrected chi connectivity index (χ1v) is 11.8. The Morgan fingerprint density at radius 1 is 1.24 bits per heavy atom. The summed E-state index contributed by atoms with van der Waals surface area (Å²) in [6.45, 7) is 6.15. The highest BCUT2D eigenvalue weighted by Gasteiger charge is 2.20. The van der Waals surface area contributed by atoms with Gasteiger partial charge in [-0.25, -0.2) is 13.4 Å². The molecule has 2 aromatic rings. The number of hydrogen-bond donors (Lipinski definition) is 1. The molecule has 1 atom stereocenters. The Labute approximate surface area is 157 Å². The molecule has 1 amide bonds. The molecule has 138 valence electrons. The lowest BCUT2D eigenvalue weighted by atomic mass is 10.0. The lowest BCUT2D eigenvalue weighted by molar-refractivity contribution is -0.119. The van der Waals surface area contributed by atoms with Gasteiger partial charge in [0.15, 0.2) is 9.84 Å². The third-order valence-corrected chi connectivity index (χ3v) is 6.95. The second-order valence-electron chi connectivity index (χ2n) is 6.59. The van der Waals surface area contributed by atoms with Crippen molar-refractivity contribution in [1.29, 1.82) is 0 Å². The number of rotatable bonds is 9. The number of nitrogens with one attached hydrogen (secondary N) is 1. The predicted octanol–water partition coefficient (Wildman–Crippen LogP) is 3.73. The molecule has 0 radical (unpaired) electrons. The molecule has 0 saturated carbocycles. The Morgan fingerprint density at radius 2 is 2.00 bits per heavy atom. The van der Waals surface area contributed by atoms with Crippen LogP contribution in [0, 0.1) is 5.92 Å². The topological polar surface area (TPSA) is 76.1 Å². The molecule has 0 saturated heterocycles. The number of thiophene rings is 1. The monoisotopic (exact) mass is 400 g/mol. The Bertz CT molecular complexity index is 780. The van der Waals surface area contributed by atoms with Gasteiger partial charge < -0.3 is 5.32 Å². The number of carbonyl (C=O) groups is 1. The molecule has 2 aromatic heterocycles. The first-order chi connectivity index (χ1) is 11.7. The lowest BCUT2D eigenvalue weighted by Crippen LogP contribution is -2.37. The minimum absolute atomic E-state index is 0.0187. The average Bonchev–Trinajstić information content (AvgIpc) is 3.14. The van der Waals surface area contributed by atoms with E-state index in [0.717, 1.165) is 22.7 Å². The van der Waals surface area contributed by atoms with E-state index in [1.165, 1.54) is 11.3 Å². The van der Waals surface area contributed by atoms with Crippen LogP contribution >= 0.6 is 22.7 Å². The SMILES string of the molecule is CC(C)CC[C@@H](C)NC(=O)CS(=O)(=O)Cc1csc(-c2cccs2)n1. The molecule has 0 aliphatic heterocycles. The number of hydrogen-bond acceptors (Lipinski definition) is 6. The number of sulfone groups is 1. The van der Waals surface area contributed by atoms with Crippen LogP contribution in [0.2, 0.25) is 0 Å². The molecule has 1 N–H and O–H groups in total. The van der Waals surface area contributed by atoms with Crippen molar-refractivity contribution in [3.8, 4) is 9.88 Å². The van der Waals surface area contributed by atoms with Crippen LogP contribution < -0.4 is 5.32 Å². The number of carbonyl (C=O) groups excluding carboxylic acids is 1. The minimum atomic E-state index is -3.53. The van der Waals surface area contributed by atoms with E-state index < -0.39 is 21.5 Å². The van der Waals surface area contributed by atoms with E-state index >= 15 is 0 Å². The fourth-order valence-corrected chi connectivity index (χ4v) is 5.26. The highest BCUT2D eigenvalue weighted by Crippen LogP contribution is 2.28. The average molecular weight is 401 g/mol. The normalized spacial score (nSPS) is 13.1. The summed E-state index contributed by atoms with van der Waals surface area (Å²) in [5.74, 6) is -0.580. The summed E-state index contributed by atoms with van der Waals surface area (Å²) in [5.41, 5.74) is 0.494. The van der Waals surface area contributed by atoms with Crippen LogP contribution in [0.25, 0.3) is 9.88 Å². The zero-order valence-electron chi connectivity index (χ0n) is 14.7. The maximum atomic E-state index is 12.3. The maximum Gasteiger partial charge on any atom is 0.235 e. The van der Waals surface area contributed by atoms with Gasteiger partial charge in [0.2, 0.25) is 5.91 Å². The third-order valence-electron chi connectivity index (χ3n) is 3.59. The molecule has 0 aromatic carbocycles. The highest BCUT2D eigenvalue weighted by atomic mass is 32.2. The van der Waals surface area contributed by atoms with Gasteiger partial charge in [-0.1, -0.05) is 19.9 Å². The highest BCUT2D eigenvalue weighted by molar-refractivity contribution is 7.91. The van der Waals surface area contributed by atoms with Crippen LogP contribution in [0.4, 0.5) is 0 Å². The van der Waals surface area contributed by atoms with Gasteiger partial charge in [0, 0.05) is 11.4 Å². The molecule has 0 aliphatic carbocycles. The van der Waals surface area contributed by atoms with E-state index in [0.29, 0.717) is 11.6 Å². The van der Waals surface area contributed by atoms with Crippen LogP contribution in [0.1, 0.15) is 39.3 Å². The summed E-state index contributed by atoms with van der Waals surface area (Å²) >= 11 is 2.99. The summed E-state index contributed by atoms with van der Waals surface area (Å²) in [6.07, 6.45) is 1.85. The molecule has 25 heavy (non-hydrogen) atoms. The molecule has 0 unspecified atom stereocenters. The zero-order valence-corrected chi connectivity index (χ0v) is 17.1. The summed E-state index contributed by atoms with van der Waals surface area (Å²) in [5, 5.41) is 7.28. The first-order valence-electron chi connectivity index (χ1n) is 8.23. The molecule has 0 bridgehead atoms. The Morgan fingerprint density at radius 3 is 2.64 bits per heavy atom. The quantitative estimate of drug-likeness (QED) is 0.696. The van der Waals surface area contributed by atoms with Crippen molar-refractivity contribution in [1.82, 2.24) is 10.3 Å². The van der Waals surface area contributed by atoms with E-state index in [1.54, 1.807) is 16.7 Å². The van der Waals surface area contributed by atoms with Crippen molar-refractivity contribution >= 4 is 38.4 Å². The van der Waals surface area contributed by atoms with E-state index in [-0.39, 0.29) is 11.8 Å². The molecule has 0 spiro atoms. The van der Waals surface area contributed by atoms with E-state index in [1.807, 2.05) is 24.4 Å². The van der Waals surface area contributed by atoms with Crippen LogP contribution in [0.15, 0.2) is 22.9 Å². The molecule has 2 rings (SSSR count). The van der Waals surface area contributed by atoms with Crippen LogP contribution in [0.5, 0.6) is 0 Å². The summed E-state index contributed by atoms with van der Waals surface area (Å²) in [6, 6.07) is 3.87.